The van der Waals surface area contributed by atoms with E-state index in [9.17, 15) is 4.79 Å². The minimum atomic E-state index is -2.23. The van der Waals surface area contributed by atoms with E-state index < -0.39 is 22.6 Å². The predicted molar refractivity (Wildman–Crippen MR) is 109 cm³/mol. The topological polar surface area (TPSA) is 44.8 Å². The Balaban J connectivity index is 5.84. The highest BCUT2D eigenvalue weighted by Gasteiger charge is 2.53. The summed E-state index contributed by atoms with van der Waals surface area (Å²) in [6.07, 6.45) is 5.05. The molecule has 0 fully saturated rings. The fraction of sp³-hybridized carbons (Fsp3) is 0.947. The van der Waals surface area contributed by atoms with Crippen LogP contribution in [-0.2, 0) is 18.1 Å². The van der Waals surface area contributed by atoms with Crippen molar-refractivity contribution >= 4 is 23.6 Å². The van der Waals surface area contributed by atoms with Gasteiger partial charge in [0.1, 0.15) is 5.04 Å². The van der Waals surface area contributed by atoms with Crippen LogP contribution in [-0.4, -0.2) is 37.8 Å². The molecule has 0 bridgehead atoms. The largest absolute Gasteiger partial charge is 0.518 e. The third-order valence-electron chi connectivity index (χ3n) is 6.08. The lowest BCUT2D eigenvalue weighted by molar-refractivity contribution is -0.139. The Kier molecular flexibility index (Phi) is 11.4. The lowest BCUT2D eigenvalue weighted by Crippen LogP contribution is -2.52. The zero-order valence-electron chi connectivity index (χ0n) is 18.0. The molecule has 0 aromatic rings. The van der Waals surface area contributed by atoms with Gasteiger partial charge in [0.15, 0.2) is 0 Å². The van der Waals surface area contributed by atoms with Gasteiger partial charge in [-0.3, -0.25) is 4.79 Å². The lowest BCUT2D eigenvalue weighted by Gasteiger charge is -2.43. The minimum Gasteiger partial charge on any atom is -0.518 e. The van der Waals surface area contributed by atoms with E-state index in [1.165, 1.54) is 0 Å². The van der Waals surface area contributed by atoms with Crippen LogP contribution in [0.15, 0.2) is 0 Å². The molecule has 0 N–H and O–H groups in total. The average molecular weight is 390 g/mol. The molecule has 0 aromatic heterocycles. The maximum absolute atomic E-state index is 13.4. The number of carbonyl (C=O) groups is 1. The van der Waals surface area contributed by atoms with E-state index in [2.05, 4.69) is 34.6 Å². The molecule has 0 saturated carbocycles. The Morgan fingerprint density at radius 1 is 1.04 bits per heavy atom. The van der Waals surface area contributed by atoms with Crippen molar-refractivity contribution in [3.8, 4) is 0 Å². The predicted octanol–water partition coefficient (Wildman–Crippen LogP) is 5.83. The first-order valence-electron chi connectivity index (χ1n) is 9.92. The molecule has 0 heterocycles. The standard InChI is InChI=1S/C19H41O4Si2/c1-10-14-15-25(16(5)11-2,17(6)12-3)23-18(20)19(7,13-4)24(21-8)22-9/h16-17H,10-15H2,1-9H3. The Bertz CT molecular complexity index is 378. The fourth-order valence-electron chi connectivity index (χ4n) is 3.57. The van der Waals surface area contributed by atoms with E-state index in [1.807, 2.05) is 13.8 Å². The molecule has 6 heteroatoms. The molecule has 4 nitrogen and oxygen atoms in total. The Labute approximate surface area is 159 Å². The SMILES string of the molecule is CCCC[Si](OC(=O)C(C)(CC)[Si](OC)OC)(C(C)CC)C(C)CC. The van der Waals surface area contributed by atoms with Gasteiger partial charge in [0, 0.05) is 14.2 Å². The highest BCUT2D eigenvalue weighted by atomic mass is 28.4. The van der Waals surface area contributed by atoms with Crippen LogP contribution in [0.5, 0.6) is 0 Å². The lowest BCUT2D eigenvalue weighted by atomic mass is 10.1. The van der Waals surface area contributed by atoms with E-state index >= 15 is 0 Å². The van der Waals surface area contributed by atoms with E-state index in [-0.39, 0.29) is 5.97 Å². The molecule has 25 heavy (non-hydrogen) atoms. The molecule has 0 aliphatic heterocycles. The molecule has 1 radical (unpaired) electrons. The Hall–Kier alpha value is -0.176. The van der Waals surface area contributed by atoms with Crippen molar-refractivity contribution < 1.29 is 18.1 Å². The molecule has 3 unspecified atom stereocenters. The normalized spacial score (nSPS) is 19.1. The second-order valence-electron chi connectivity index (χ2n) is 7.45. The van der Waals surface area contributed by atoms with Gasteiger partial charge in [0.2, 0.25) is 0 Å². The van der Waals surface area contributed by atoms with Gasteiger partial charge in [0.25, 0.3) is 14.3 Å². The van der Waals surface area contributed by atoms with Gasteiger partial charge in [-0.1, -0.05) is 67.2 Å². The zero-order valence-corrected chi connectivity index (χ0v) is 20.0. The third kappa shape index (κ3) is 5.65. The molecule has 0 rings (SSSR count). The van der Waals surface area contributed by atoms with Crippen LogP contribution in [0.1, 0.15) is 80.6 Å². The minimum absolute atomic E-state index is 0.101. The molecular formula is C19H41O4Si2. The monoisotopic (exact) mass is 389 g/mol. The summed E-state index contributed by atoms with van der Waals surface area (Å²) in [4.78, 5) is 13.4. The molecule has 0 amide bonds. The molecule has 0 aliphatic carbocycles. The van der Waals surface area contributed by atoms with Crippen molar-refractivity contribution in [1.29, 1.82) is 0 Å². The van der Waals surface area contributed by atoms with Crippen LogP contribution >= 0.6 is 0 Å². The highest BCUT2D eigenvalue weighted by molar-refractivity contribution is 6.78. The van der Waals surface area contributed by atoms with Gasteiger partial charge in [0.05, 0.1) is 0 Å². The molecule has 0 saturated heterocycles. The van der Waals surface area contributed by atoms with Crippen LogP contribution in [0, 0.1) is 0 Å². The van der Waals surface area contributed by atoms with Crippen molar-refractivity contribution in [2.75, 3.05) is 14.2 Å². The van der Waals surface area contributed by atoms with Crippen LogP contribution in [0.25, 0.3) is 0 Å². The summed E-state index contributed by atoms with van der Waals surface area (Å²) < 4.78 is 17.6. The second-order valence-corrected chi connectivity index (χ2v) is 14.5. The zero-order chi connectivity index (χ0) is 19.7. The van der Waals surface area contributed by atoms with E-state index in [0.717, 1.165) is 31.7 Å². The van der Waals surface area contributed by atoms with Gasteiger partial charge in [-0.2, -0.15) is 0 Å². The summed E-state index contributed by atoms with van der Waals surface area (Å²) in [6.45, 7) is 15.2. The summed E-state index contributed by atoms with van der Waals surface area (Å²) in [7, 11) is -0.688. The molecule has 149 valence electrons. The smallest absolute Gasteiger partial charge is 0.402 e. The summed E-state index contributed by atoms with van der Waals surface area (Å²) in [6, 6.07) is 1.06. The van der Waals surface area contributed by atoms with Crippen LogP contribution in [0.2, 0.25) is 22.2 Å². The number of unbranched alkanes of at least 4 members (excludes halogenated alkanes) is 1. The third-order valence-corrected chi connectivity index (χ3v) is 14.1. The van der Waals surface area contributed by atoms with E-state index in [1.54, 1.807) is 14.2 Å². The van der Waals surface area contributed by atoms with Crippen LogP contribution in [0.3, 0.4) is 0 Å². The number of carbonyl (C=O) groups excluding carboxylic acids is 1. The molecular weight excluding hydrogens is 348 g/mol. The van der Waals surface area contributed by atoms with Crippen molar-refractivity contribution in [2.45, 2.75) is 103 Å². The maximum Gasteiger partial charge on any atom is 0.402 e. The van der Waals surface area contributed by atoms with Crippen molar-refractivity contribution in [1.82, 2.24) is 0 Å². The van der Waals surface area contributed by atoms with Gasteiger partial charge in [-0.05, 0) is 30.5 Å². The van der Waals surface area contributed by atoms with Crippen molar-refractivity contribution in [3.05, 3.63) is 0 Å². The summed E-state index contributed by atoms with van der Waals surface area (Å²) in [5, 5.41) is -0.681. The quantitative estimate of drug-likeness (QED) is 0.372. The van der Waals surface area contributed by atoms with Crippen LogP contribution < -0.4 is 0 Å². The first-order chi connectivity index (χ1) is 11.7. The maximum atomic E-state index is 13.4. The number of hydrogen-bond donors (Lipinski definition) is 0. The molecule has 0 aliphatic rings. The van der Waals surface area contributed by atoms with Gasteiger partial charge in [-0.25, -0.2) is 0 Å². The summed E-state index contributed by atoms with van der Waals surface area (Å²) in [5.41, 5.74) is 0.916. The fourth-order valence-corrected chi connectivity index (χ4v) is 10.6. The number of hydrogen-bond acceptors (Lipinski definition) is 4. The first-order valence-corrected chi connectivity index (χ1v) is 13.5. The second kappa shape index (κ2) is 11.5. The van der Waals surface area contributed by atoms with E-state index in [4.69, 9.17) is 13.3 Å². The first kappa shape index (κ1) is 24.8. The average Bonchev–Trinajstić information content (AvgIpc) is 2.63. The summed E-state index contributed by atoms with van der Waals surface area (Å²) in [5.74, 6) is -0.101. The molecule has 0 spiro atoms. The van der Waals surface area contributed by atoms with Crippen LogP contribution in [0.4, 0.5) is 0 Å². The van der Waals surface area contributed by atoms with Gasteiger partial charge >= 0.3 is 9.28 Å². The Morgan fingerprint density at radius 2 is 1.52 bits per heavy atom. The molecule has 3 atom stereocenters. The number of rotatable bonds is 13. The van der Waals surface area contributed by atoms with E-state index in [0.29, 0.717) is 17.5 Å². The Morgan fingerprint density at radius 3 is 1.84 bits per heavy atom. The molecule has 0 aromatic carbocycles. The van der Waals surface area contributed by atoms with Crippen molar-refractivity contribution in [3.63, 3.8) is 0 Å². The summed E-state index contributed by atoms with van der Waals surface area (Å²) >= 11 is 0. The highest BCUT2D eigenvalue weighted by Crippen LogP contribution is 2.45. The van der Waals surface area contributed by atoms with Gasteiger partial charge < -0.3 is 13.3 Å². The van der Waals surface area contributed by atoms with Crippen molar-refractivity contribution in [2.24, 2.45) is 0 Å². The van der Waals surface area contributed by atoms with Gasteiger partial charge in [-0.15, -0.1) is 0 Å².